The number of benzene rings is 3. The van der Waals surface area contributed by atoms with E-state index in [1.807, 2.05) is 36.4 Å². The van der Waals surface area contributed by atoms with Crippen molar-refractivity contribution in [1.82, 2.24) is 10.9 Å². The quantitative estimate of drug-likeness (QED) is 0.493. The largest absolute Gasteiger partial charge is 0.478 e. The Hall–Kier alpha value is -3.87. The summed E-state index contributed by atoms with van der Waals surface area (Å²) in [4.78, 5) is 24.5. The molecule has 0 unspecified atom stereocenters. The third kappa shape index (κ3) is 3.96. The first-order valence-corrected chi connectivity index (χ1v) is 9.40. The highest BCUT2D eigenvalue weighted by molar-refractivity contribution is 6.08. The fourth-order valence-corrected chi connectivity index (χ4v) is 3.24. The number of halogens is 1. The van der Waals surface area contributed by atoms with E-state index in [-0.39, 0.29) is 12.2 Å². The topological polar surface area (TPSA) is 80.6 Å². The van der Waals surface area contributed by atoms with Crippen molar-refractivity contribution >= 4 is 33.6 Å². The monoisotopic (exact) mass is 406 g/mol. The molecule has 152 valence electrons. The minimum absolute atomic E-state index is 0.0177. The van der Waals surface area contributed by atoms with Gasteiger partial charge in [-0.2, -0.15) is 0 Å². The van der Waals surface area contributed by atoms with Gasteiger partial charge in [0.15, 0.2) is 17.7 Å². The Labute approximate surface area is 171 Å². The lowest BCUT2D eigenvalue weighted by molar-refractivity contribution is -0.132. The molecule has 2 N–H and O–H groups in total. The Kier molecular flexibility index (Phi) is 5.34. The summed E-state index contributed by atoms with van der Waals surface area (Å²) in [6.45, 7) is 1.46. The molecule has 0 saturated heterocycles. The normalized spacial score (nSPS) is 11.9. The molecule has 0 radical (unpaired) electrons. The van der Waals surface area contributed by atoms with Gasteiger partial charge in [-0.25, -0.2) is 4.39 Å². The Morgan fingerprint density at radius 1 is 1.03 bits per heavy atom. The average molecular weight is 406 g/mol. The fraction of sp³-hybridized carbons (Fsp3) is 0.130. The van der Waals surface area contributed by atoms with E-state index in [4.69, 9.17) is 9.15 Å². The summed E-state index contributed by atoms with van der Waals surface area (Å²) in [5.74, 6) is -1.63. The molecule has 0 aliphatic rings. The second-order valence-corrected chi connectivity index (χ2v) is 6.83. The number of amides is 2. The first-order chi connectivity index (χ1) is 14.5. The minimum Gasteiger partial charge on any atom is -0.478 e. The summed E-state index contributed by atoms with van der Waals surface area (Å²) < 4.78 is 24.5. The second-order valence-electron chi connectivity index (χ2n) is 6.83. The molecule has 0 aliphatic heterocycles. The molecule has 30 heavy (non-hydrogen) atoms. The van der Waals surface area contributed by atoms with Crippen LogP contribution in [0.5, 0.6) is 5.75 Å². The van der Waals surface area contributed by atoms with Crippen LogP contribution in [-0.2, 0) is 16.0 Å². The Balaban J connectivity index is 1.40. The zero-order valence-electron chi connectivity index (χ0n) is 16.1. The van der Waals surface area contributed by atoms with E-state index < -0.39 is 23.7 Å². The molecular weight excluding hydrogens is 387 g/mol. The second kappa shape index (κ2) is 8.24. The van der Waals surface area contributed by atoms with E-state index >= 15 is 0 Å². The van der Waals surface area contributed by atoms with Crippen LogP contribution < -0.4 is 15.6 Å². The molecule has 0 aliphatic carbocycles. The molecule has 0 saturated carbocycles. The number of furan rings is 1. The predicted molar refractivity (Wildman–Crippen MR) is 110 cm³/mol. The Bertz CT molecular complexity index is 1230. The Morgan fingerprint density at radius 2 is 1.80 bits per heavy atom. The maximum absolute atomic E-state index is 13.6. The van der Waals surface area contributed by atoms with Crippen LogP contribution in [0.2, 0.25) is 0 Å². The summed E-state index contributed by atoms with van der Waals surface area (Å²) in [5, 5.41) is 2.90. The summed E-state index contributed by atoms with van der Waals surface area (Å²) in [6, 6.07) is 17.4. The van der Waals surface area contributed by atoms with E-state index in [9.17, 15) is 14.0 Å². The van der Waals surface area contributed by atoms with Crippen LogP contribution in [0.1, 0.15) is 12.5 Å². The van der Waals surface area contributed by atoms with E-state index in [0.717, 1.165) is 16.2 Å². The summed E-state index contributed by atoms with van der Waals surface area (Å²) in [7, 11) is 0. The summed E-state index contributed by atoms with van der Waals surface area (Å²) in [5.41, 5.74) is 6.06. The average Bonchev–Trinajstić information content (AvgIpc) is 3.16. The van der Waals surface area contributed by atoms with Crippen LogP contribution in [0.25, 0.3) is 21.7 Å². The van der Waals surface area contributed by atoms with Gasteiger partial charge in [-0.15, -0.1) is 0 Å². The van der Waals surface area contributed by atoms with Crippen molar-refractivity contribution in [2.24, 2.45) is 0 Å². The van der Waals surface area contributed by atoms with E-state index in [1.165, 1.54) is 25.1 Å². The van der Waals surface area contributed by atoms with Gasteiger partial charge in [0.25, 0.3) is 5.91 Å². The highest BCUT2D eigenvalue weighted by atomic mass is 19.1. The number of fused-ring (bicyclic) bond motifs is 3. The lowest BCUT2D eigenvalue weighted by Crippen LogP contribution is -2.47. The summed E-state index contributed by atoms with van der Waals surface area (Å²) >= 11 is 0. The molecule has 1 aromatic heterocycles. The van der Waals surface area contributed by atoms with Crippen LogP contribution in [-0.4, -0.2) is 17.9 Å². The molecule has 0 bridgehead atoms. The number of carbonyl (C=O) groups is 2. The van der Waals surface area contributed by atoms with Crippen molar-refractivity contribution in [3.8, 4) is 5.75 Å². The lowest BCUT2D eigenvalue weighted by Gasteiger charge is -2.15. The molecule has 6 nitrogen and oxygen atoms in total. The lowest BCUT2D eigenvalue weighted by atomic mass is 10.0. The molecule has 7 heteroatoms. The zero-order chi connectivity index (χ0) is 21.1. The Morgan fingerprint density at radius 3 is 2.63 bits per heavy atom. The van der Waals surface area contributed by atoms with Crippen molar-refractivity contribution in [3.05, 3.63) is 78.3 Å². The van der Waals surface area contributed by atoms with Crippen LogP contribution in [0.3, 0.4) is 0 Å². The van der Waals surface area contributed by atoms with Crippen LogP contribution in [0.4, 0.5) is 4.39 Å². The molecule has 4 aromatic rings. The number of hydrogen-bond donors (Lipinski definition) is 2. The SMILES string of the molecule is C[C@@H](Oc1ccccc1F)C(=O)NNC(=O)Cc1coc2ccc3ccccc3c12. The fourth-order valence-electron chi connectivity index (χ4n) is 3.24. The highest BCUT2D eigenvalue weighted by Gasteiger charge is 2.18. The number of hydrogen-bond acceptors (Lipinski definition) is 4. The van der Waals surface area contributed by atoms with Crippen molar-refractivity contribution in [3.63, 3.8) is 0 Å². The third-order valence-electron chi connectivity index (χ3n) is 4.73. The van der Waals surface area contributed by atoms with Gasteiger partial charge in [0.2, 0.25) is 5.91 Å². The number of hydrazine groups is 1. The minimum atomic E-state index is -0.999. The van der Waals surface area contributed by atoms with Crippen molar-refractivity contribution in [2.45, 2.75) is 19.4 Å². The number of rotatable bonds is 5. The van der Waals surface area contributed by atoms with Crippen molar-refractivity contribution in [2.75, 3.05) is 0 Å². The van der Waals surface area contributed by atoms with Crippen LogP contribution >= 0.6 is 0 Å². The third-order valence-corrected chi connectivity index (χ3v) is 4.73. The molecule has 3 aromatic carbocycles. The van der Waals surface area contributed by atoms with Gasteiger partial charge in [0, 0.05) is 10.9 Å². The highest BCUT2D eigenvalue weighted by Crippen LogP contribution is 2.30. The molecule has 2 amide bonds. The summed E-state index contributed by atoms with van der Waals surface area (Å²) in [6.07, 6.45) is 0.563. The molecule has 1 atom stereocenters. The van der Waals surface area contributed by atoms with Gasteiger partial charge in [-0.3, -0.25) is 20.4 Å². The molecule has 0 spiro atoms. The number of nitrogens with one attached hydrogen (secondary N) is 2. The zero-order valence-corrected chi connectivity index (χ0v) is 16.1. The standard InChI is InChI=1S/C23H19FN2O4/c1-14(30-19-9-5-4-8-18(19)24)23(28)26-25-21(27)12-16-13-29-20-11-10-15-6-2-3-7-17(15)22(16)20/h2-11,13-14H,12H2,1H3,(H,25,27)(H,26,28)/t14-/m1/s1. The van der Waals surface area contributed by atoms with Gasteiger partial charge in [0.1, 0.15) is 5.58 Å². The van der Waals surface area contributed by atoms with Gasteiger partial charge in [0.05, 0.1) is 12.7 Å². The number of carbonyl (C=O) groups excluding carboxylic acids is 2. The van der Waals surface area contributed by atoms with Crippen LogP contribution in [0, 0.1) is 5.82 Å². The predicted octanol–water partition coefficient (Wildman–Crippen LogP) is 3.88. The van der Waals surface area contributed by atoms with Gasteiger partial charge in [-0.1, -0.05) is 42.5 Å². The molecule has 1 heterocycles. The van der Waals surface area contributed by atoms with Gasteiger partial charge >= 0.3 is 0 Å². The first-order valence-electron chi connectivity index (χ1n) is 9.40. The van der Waals surface area contributed by atoms with Crippen molar-refractivity contribution in [1.29, 1.82) is 0 Å². The maximum Gasteiger partial charge on any atom is 0.279 e. The maximum atomic E-state index is 13.6. The van der Waals surface area contributed by atoms with Gasteiger partial charge < -0.3 is 9.15 Å². The van der Waals surface area contributed by atoms with E-state index in [2.05, 4.69) is 10.9 Å². The molecular formula is C23H19FN2O4. The van der Waals surface area contributed by atoms with Gasteiger partial charge in [-0.05, 0) is 35.9 Å². The van der Waals surface area contributed by atoms with Crippen LogP contribution in [0.15, 0.2) is 71.3 Å². The molecule has 0 fully saturated rings. The van der Waals surface area contributed by atoms with E-state index in [0.29, 0.717) is 11.1 Å². The number of ether oxygens (including phenoxy) is 1. The number of para-hydroxylation sites is 1. The van der Waals surface area contributed by atoms with Crippen molar-refractivity contribution < 1.29 is 23.1 Å². The molecule has 4 rings (SSSR count). The van der Waals surface area contributed by atoms with E-state index in [1.54, 1.807) is 12.3 Å². The first kappa shape index (κ1) is 19.4. The smallest absolute Gasteiger partial charge is 0.279 e.